The molecule has 21 heavy (non-hydrogen) atoms. The van der Waals surface area contributed by atoms with Crippen LogP contribution < -0.4 is 11.1 Å². The highest BCUT2D eigenvalue weighted by molar-refractivity contribution is 5.79. The van der Waals surface area contributed by atoms with Gasteiger partial charge in [-0.25, -0.2) is 0 Å². The predicted molar refractivity (Wildman–Crippen MR) is 82.1 cm³/mol. The van der Waals surface area contributed by atoms with Crippen molar-refractivity contribution < 1.29 is 4.42 Å². The Morgan fingerprint density at radius 2 is 1.71 bits per heavy atom. The van der Waals surface area contributed by atoms with Gasteiger partial charge in [-0.15, -0.1) is 5.10 Å². The van der Waals surface area contributed by atoms with Gasteiger partial charge in [-0.05, 0) is 18.6 Å². The number of nitrogens with two attached hydrogens (primary N) is 1. The lowest BCUT2D eigenvalue weighted by atomic mass is 10.0. The van der Waals surface area contributed by atoms with Gasteiger partial charge in [0.2, 0.25) is 5.89 Å². The largest absolute Gasteiger partial charge is 0.406 e. The van der Waals surface area contributed by atoms with Crippen molar-refractivity contribution in [2.75, 3.05) is 5.32 Å². The Morgan fingerprint density at radius 3 is 2.43 bits per heavy atom. The fourth-order valence-corrected chi connectivity index (χ4v) is 2.05. The first kappa shape index (κ1) is 13.3. The van der Waals surface area contributed by atoms with Crippen LogP contribution in [-0.4, -0.2) is 10.2 Å². The quantitative estimate of drug-likeness (QED) is 0.764. The maximum atomic E-state index is 5.72. The third kappa shape index (κ3) is 2.93. The van der Waals surface area contributed by atoms with Gasteiger partial charge in [0, 0.05) is 5.56 Å². The summed E-state index contributed by atoms with van der Waals surface area (Å²) in [6, 6.07) is 18.1. The highest BCUT2D eigenvalue weighted by Gasteiger charge is 2.11. The van der Waals surface area contributed by atoms with E-state index < -0.39 is 0 Å². The van der Waals surface area contributed by atoms with Crippen molar-refractivity contribution >= 4 is 11.7 Å². The van der Waals surface area contributed by atoms with E-state index in [-0.39, 0.29) is 6.04 Å². The maximum absolute atomic E-state index is 5.72. The molecule has 3 aromatic rings. The average Bonchev–Trinajstić information content (AvgIpc) is 2.98. The molecular weight excluding hydrogens is 264 g/mol. The number of hydrogen-bond acceptors (Lipinski definition) is 5. The Kier molecular flexibility index (Phi) is 3.66. The first-order valence-electron chi connectivity index (χ1n) is 6.74. The van der Waals surface area contributed by atoms with Gasteiger partial charge in [0.1, 0.15) is 0 Å². The van der Waals surface area contributed by atoms with Crippen LogP contribution in [0.25, 0.3) is 11.1 Å². The minimum atomic E-state index is -0.280. The predicted octanol–water partition coefficient (Wildman–Crippen LogP) is 3.50. The van der Waals surface area contributed by atoms with Crippen molar-refractivity contribution in [3.63, 3.8) is 0 Å². The zero-order chi connectivity index (χ0) is 14.7. The van der Waals surface area contributed by atoms with Gasteiger partial charge in [-0.1, -0.05) is 53.6 Å². The molecule has 3 N–H and O–H groups in total. The molecule has 106 valence electrons. The van der Waals surface area contributed by atoms with E-state index in [1.54, 1.807) is 6.92 Å². The van der Waals surface area contributed by atoms with Crippen LogP contribution in [0.2, 0.25) is 0 Å². The molecule has 1 aromatic heterocycles. The van der Waals surface area contributed by atoms with Gasteiger partial charge in [0.05, 0.1) is 11.7 Å². The number of nitrogens with zero attached hydrogens (tertiary/aromatic N) is 2. The first-order valence-corrected chi connectivity index (χ1v) is 6.74. The van der Waals surface area contributed by atoms with E-state index in [0.29, 0.717) is 11.9 Å². The molecule has 2 aromatic carbocycles. The van der Waals surface area contributed by atoms with Crippen molar-refractivity contribution in [1.82, 2.24) is 10.2 Å². The van der Waals surface area contributed by atoms with Gasteiger partial charge >= 0.3 is 6.01 Å². The fraction of sp³-hybridized carbons (Fsp3) is 0.125. The molecule has 0 radical (unpaired) electrons. The highest BCUT2D eigenvalue weighted by Crippen LogP contribution is 2.29. The van der Waals surface area contributed by atoms with Crippen LogP contribution in [0.4, 0.5) is 11.7 Å². The Labute approximate surface area is 122 Å². The van der Waals surface area contributed by atoms with E-state index in [1.807, 2.05) is 42.5 Å². The molecule has 0 spiro atoms. The van der Waals surface area contributed by atoms with E-state index in [0.717, 1.165) is 16.8 Å². The molecule has 0 aliphatic rings. The Hall–Kier alpha value is -2.66. The second-order valence-electron chi connectivity index (χ2n) is 4.77. The third-order valence-electron chi connectivity index (χ3n) is 3.08. The number of anilines is 2. The summed E-state index contributed by atoms with van der Waals surface area (Å²) in [5.41, 5.74) is 8.81. The molecule has 0 saturated heterocycles. The molecular formula is C16H16N4O. The summed E-state index contributed by atoms with van der Waals surface area (Å²) < 4.78 is 5.48. The van der Waals surface area contributed by atoms with Gasteiger partial charge in [0.25, 0.3) is 0 Å². The molecule has 3 rings (SSSR count). The fourth-order valence-electron chi connectivity index (χ4n) is 2.05. The zero-order valence-corrected chi connectivity index (χ0v) is 11.7. The van der Waals surface area contributed by atoms with E-state index >= 15 is 0 Å². The van der Waals surface area contributed by atoms with E-state index in [2.05, 4.69) is 27.6 Å². The summed E-state index contributed by atoms with van der Waals surface area (Å²) >= 11 is 0. The summed E-state index contributed by atoms with van der Waals surface area (Å²) in [5, 5.41) is 11.0. The molecule has 5 heteroatoms. The van der Waals surface area contributed by atoms with Crippen LogP contribution in [0.5, 0.6) is 0 Å². The first-order chi connectivity index (χ1) is 10.2. The standard InChI is InChI=1S/C16H16N4O/c1-11(17)15-19-20-16(21-15)18-14-10-6-5-9-13(14)12-7-3-2-4-8-12/h2-11H,17H2,1H3,(H,18,20). The van der Waals surface area contributed by atoms with Gasteiger partial charge in [0.15, 0.2) is 0 Å². The molecule has 1 atom stereocenters. The molecule has 0 saturated carbocycles. The number of para-hydroxylation sites is 1. The minimum Gasteiger partial charge on any atom is -0.406 e. The Balaban J connectivity index is 1.92. The molecule has 0 aliphatic carbocycles. The van der Waals surface area contributed by atoms with Crippen LogP contribution in [0.15, 0.2) is 59.0 Å². The van der Waals surface area contributed by atoms with Crippen molar-refractivity contribution in [2.24, 2.45) is 5.73 Å². The molecule has 0 amide bonds. The van der Waals surface area contributed by atoms with Gasteiger partial charge < -0.3 is 15.5 Å². The van der Waals surface area contributed by atoms with Crippen molar-refractivity contribution in [2.45, 2.75) is 13.0 Å². The summed E-state index contributed by atoms with van der Waals surface area (Å²) in [7, 11) is 0. The Morgan fingerprint density at radius 1 is 1.00 bits per heavy atom. The lowest BCUT2D eigenvalue weighted by Gasteiger charge is -2.09. The van der Waals surface area contributed by atoms with Gasteiger partial charge in [-0.2, -0.15) is 0 Å². The Bertz CT molecular complexity index is 722. The van der Waals surface area contributed by atoms with Crippen LogP contribution in [0.1, 0.15) is 18.9 Å². The van der Waals surface area contributed by atoms with Crippen molar-refractivity contribution in [3.8, 4) is 11.1 Å². The van der Waals surface area contributed by atoms with E-state index in [9.17, 15) is 0 Å². The van der Waals surface area contributed by atoms with E-state index in [1.165, 1.54) is 0 Å². The summed E-state index contributed by atoms with van der Waals surface area (Å²) in [5.74, 6) is 0.412. The lowest BCUT2D eigenvalue weighted by Crippen LogP contribution is -2.04. The molecule has 5 nitrogen and oxygen atoms in total. The van der Waals surface area contributed by atoms with Crippen molar-refractivity contribution in [3.05, 3.63) is 60.5 Å². The summed E-state index contributed by atoms with van der Waals surface area (Å²) in [6.07, 6.45) is 0. The topological polar surface area (TPSA) is 77.0 Å². The second kappa shape index (κ2) is 5.76. The molecule has 1 heterocycles. The molecule has 0 aliphatic heterocycles. The lowest BCUT2D eigenvalue weighted by molar-refractivity contribution is 0.475. The second-order valence-corrected chi connectivity index (χ2v) is 4.77. The smallest absolute Gasteiger partial charge is 0.320 e. The summed E-state index contributed by atoms with van der Waals surface area (Å²) in [6.45, 7) is 1.80. The molecule has 1 unspecified atom stereocenters. The minimum absolute atomic E-state index is 0.280. The number of nitrogens with one attached hydrogen (secondary N) is 1. The number of aromatic nitrogens is 2. The SMILES string of the molecule is CC(N)c1nnc(Nc2ccccc2-c2ccccc2)o1. The number of benzene rings is 2. The van der Waals surface area contributed by atoms with E-state index in [4.69, 9.17) is 10.2 Å². The zero-order valence-electron chi connectivity index (χ0n) is 11.7. The van der Waals surface area contributed by atoms with Crippen LogP contribution in [0, 0.1) is 0 Å². The van der Waals surface area contributed by atoms with Crippen LogP contribution in [-0.2, 0) is 0 Å². The highest BCUT2D eigenvalue weighted by atomic mass is 16.4. The molecule has 0 bridgehead atoms. The van der Waals surface area contributed by atoms with Crippen LogP contribution in [0.3, 0.4) is 0 Å². The summed E-state index contributed by atoms with van der Waals surface area (Å²) in [4.78, 5) is 0. The molecule has 0 fully saturated rings. The monoisotopic (exact) mass is 280 g/mol. The van der Waals surface area contributed by atoms with Crippen LogP contribution >= 0.6 is 0 Å². The number of hydrogen-bond donors (Lipinski definition) is 2. The average molecular weight is 280 g/mol. The third-order valence-corrected chi connectivity index (χ3v) is 3.08. The normalized spacial score (nSPS) is 12.1. The van der Waals surface area contributed by atoms with Crippen molar-refractivity contribution in [1.29, 1.82) is 0 Å². The number of rotatable bonds is 4. The van der Waals surface area contributed by atoms with Gasteiger partial charge in [-0.3, -0.25) is 0 Å². The maximum Gasteiger partial charge on any atom is 0.320 e.